The van der Waals surface area contributed by atoms with E-state index >= 15 is 0 Å². The molecular formula is C12H16ClN3O4. The van der Waals surface area contributed by atoms with Crippen molar-refractivity contribution in [1.29, 1.82) is 0 Å². The molecule has 0 radical (unpaired) electrons. The van der Waals surface area contributed by atoms with Gasteiger partial charge in [-0.05, 0) is 0 Å². The Balaban J connectivity index is 2.82. The van der Waals surface area contributed by atoms with E-state index in [1.54, 1.807) is 0 Å². The van der Waals surface area contributed by atoms with Crippen molar-refractivity contribution in [3.05, 3.63) is 22.7 Å². The number of carboxylic acid groups (broad SMARTS) is 1. The lowest BCUT2D eigenvalue weighted by Crippen LogP contribution is -2.38. The number of ether oxygens (including phenoxy) is 1. The van der Waals surface area contributed by atoms with E-state index in [1.165, 1.54) is 13.3 Å². The van der Waals surface area contributed by atoms with Crippen LogP contribution >= 0.6 is 11.6 Å². The smallest absolute Gasteiger partial charge is 0.334 e. The standard InChI is InChI=1S/C12H16ClN3O4/c1-6(2)10-14-4-7(13)9(16-10)11(17)15-5-8(20-3)12(18)19/h4,6,8H,5H2,1-3H3,(H,15,17)(H,18,19). The molecule has 2 N–H and O–H groups in total. The topological polar surface area (TPSA) is 101 Å². The van der Waals surface area contributed by atoms with Crippen molar-refractivity contribution in [2.24, 2.45) is 0 Å². The number of carboxylic acids is 1. The lowest BCUT2D eigenvalue weighted by molar-refractivity contribution is -0.148. The molecule has 0 aliphatic heterocycles. The maximum absolute atomic E-state index is 11.9. The number of aromatic nitrogens is 2. The summed E-state index contributed by atoms with van der Waals surface area (Å²) in [5, 5.41) is 11.3. The Morgan fingerprint density at radius 1 is 1.50 bits per heavy atom. The number of hydrogen-bond acceptors (Lipinski definition) is 5. The predicted molar refractivity (Wildman–Crippen MR) is 71.9 cm³/mol. The first kappa shape index (κ1) is 16.3. The van der Waals surface area contributed by atoms with Gasteiger partial charge in [0.15, 0.2) is 6.10 Å². The number of nitrogens with one attached hydrogen (secondary N) is 1. The number of halogens is 1. The van der Waals surface area contributed by atoms with Crippen molar-refractivity contribution in [1.82, 2.24) is 15.3 Å². The van der Waals surface area contributed by atoms with E-state index in [1.807, 2.05) is 13.8 Å². The summed E-state index contributed by atoms with van der Waals surface area (Å²) in [4.78, 5) is 30.8. The van der Waals surface area contributed by atoms with Crippen molar-refractivity contribution < 1.29 is 19.4 Å². The lowest BCUT2D eigenvalue weighted by atomic mass is 10.2. The third kappa shape index (κ3) is 4.14. The second-order valence-corrected chi connectivity index (χ2v) is 4.76. The van der Waals surface area contributed by atoms with Crippen LogP contribution in [0.25, 0.3) is 0 Å². The normalized spacial score (nSPS) is 12.2. The van der Waals surface area contributed by atoms with E-state index < -0.39 is 18.0 Å². The molecule has 1 aromatic rings. The fourth-order valence-corrected chi connectivity index (χ4v) is 1.54. The van der Waals surface area contributed by atoms with E-state index in [2.05, 4.69) is 15.3 Å². The summed E-state index contributed by atoms with van der Waals surface area (Å²) in [7, 11) is 1.25. The Bertz CT molecular complexity index is 507. The van der Waals surface area contributed by atoms with E-state index in [0.29, 0.717) is 5.82 Å². The highest BCUT2D eigenvalue weighted by molar-refractivity contribution is 6.33. The number of rotatable bonds is 6. The molecule has 1 heterocycles. The van der Waals surface area contributed by atoms with Gasteiger partial charge < -0.3 is 15.2 Å². The first-order chi connectivity index (χ1) is 9.36. The Morgan fingerprint density at radius 2 is 2.15 bits per heavy atom. The van der Waals surface area contributed by atoms with E-state index in [-0.39, 0.29) is 23.2 Å². The molecule has 1 aromatic heterocycles. The Hall–Kier alpha value is -1.73. The molecule has 0 saturated heterocycles. The quantitative estimate of drug-likeness (QED) is 0.815. The van der Waals surface area contributed by atoms with Crippen LogP contribution in [0, 0.1) is 0 Å². The van der Waals surface area contributed by atoms with E-state index in [9.17, 15) is 9.59 Å². The average Bonchev–Trinajstić information content (AvgIpc) is 2.38. The third-order valence-electron chi connectivity index (χ3n) is 2.50. The van der Waals surface area contributed by atoms with Gasteiger partial charge in [0.05, 0.1) is 17.8 Å². The first-order valence-electron chi connectivity index (χ1n) is 5.93. The molecule has 0 fully saturated rings. The van der Waals surface area contributed by atoms with Crippen LogP contribution in [-0.2, 0) is 9.53 Å². The molecule has 110 valence electrons. The van der Waals surface area contributed by atoms with Crippen LogP contribution in [0.1, 0.15) is 36.1 Å². The van der Waals surface area contributed by atoms with Crippen molar-refractivity contribution in [2.75, 3.05) is 13.7 Å². The number of nitrogens with zero attached hydrogens (tertiary/aromatic N) is 2. The summed E-state index contributed by atoms with van der Waals surface area (Å²) in [6.45, 7) is 3.59. The summed E-state index contributed by atoms with van der Waals surface area (Å²) in [5.41, 5.74) is 0.0191. The Morgan fingerprint density at radius 3 is 2.65 bits per heavy atom. The molecule has 0 saturated carbocycles. The minimum atomic E-state index is -1.16. The largest absolute Gasteiger partial charge is 0.479 e. The van der Waals surface area contributed by atoms with Crippen molar-refractivity contribution in [3.8, 4) is 0 Å². The van der Waals surface area contributed by atoms with Gasteiger partial charge in [-0.2, -0.15) is 0 Å². The number of aliphatic carboxylic acids is 1. The van der Waals surface area contributed by atoms with Crippen LogP contribution in [0.2, 0.25) is 5.02 Å². The Kier molecular flexibility index (Phi) is 5.84. The van der Waals surface area contributed by atoms with Gasteiger partial charge in [-0.1, -0.05) is 25.4 Å². The number of carbonyl (C=O) groups is 2. The minimum Gasteiger partial charge on any atom is -0.479 e. The SMILES string of the molecule is COC(CNC(=O)c1nc(C(C)C)ncc1Cl)C(=O)O. The Labute approximate surface area is 121 Å². The van der Waals surface area contributed by atoms with Gasteiger partial charge in [-0.25, -0.2) is 14.8 Å². The van der Waals surface area contributed by atoms with Crippen LogP contribution in [0.5, 0.6) is 0 Å². The highest BCUT2D eigenvalue weighted by Gasteiger charge is 2.20. The predicted octanol–water partition coefficient (Wildman–Crippen LogP) is 1.08. The molecule has 0 bridgehead atoms. The lowest BCUT2D eigenvalue weighted by Gasteiger charge is -2.12. The highest BCUT2D eigenvalue weighted by atomic mass is 35.5. The highest BCUT2D eigenvalue weighted by Crippen LogP contribution is 2.16. The van der Waals surface area contributed by atoms with Crippen LogP contribution in [0.4, 0.5) is 0 Å². The molecule has 0 aliphatic carbocycles. The zero-order valence-electron chi connectivity index (χ0n) is 11.4. The van der Waals surface area contributed by atoms with Crippen LogP contribution in [0.3, 0.4) is 0 Å². The second kappa shape index (κ2) is 7.16. The fourth-order valence-electron chi connectivity index (χ4n) is 1.36. The van der Waals surface area contributed by atoms with Gasteiger partial charge in [0.1, 0.15) is 11.5 Å². The molecule has 8 heteroatoms. The summed E-state index contributed by atoms with van der Waals surface area (Å²) >= 11 is 5.87. The summed E-state index contributed by atoms with van der Waals surface area (Å²) in [5.74, 6) is -1.20. The minimum absolute atomic E-state index is 0.0191. The molecule has 0 aromatic carbocycles. The van der Waals surface area contributed by atoms with Gasteiger partial charge in [0, 0.05) is 13.0 Å². The molecule has 20 heavy (non-hydrogen) atoms. The number of carbonyl (C=O) groups excluding carboxylic acids is 1. The van der Waals surface area contributed by atoms with Crippen molar-refractivity contribution in [3.63, 3.8) is 0 Å². The zero-order chi connectivity index (χ0) is 15.3. The number of methoxy groups -OCH3 is 1. The maximum atomic E-state index is 11.9. The molecule has 1 amide bonds. The summed E-state index contributed by atoms with van der Waals surface area (Å²) in [6.07, 6.45) is 0.230. The van der Waals surface area contributed by atoms with Crippen LogP contribution < -0.4 is 5.32 Å². The van der Waals surface area contributed by atoms with Crippen LogP contribution in [0.15, 0.2) is 6.20 Å². The van der Waals surface area contributed by atoms with Crippen molar-refractivity contribution >= 4 is 23.5 Å². The van der Waals surface area contributed by atoms with Crippen molar-refractivity contribution in [2.45, 2.75) is 25.9 Å². The number of hydrogen-bond donors (Lipinski definition) is 2. The molecule has 1 unspecified atom stereocenters. The first-order valence-corrected chi connectivity index (χ1v) is 6.30. The van der Waals surface area contributed by atoms with E-state index in [4.69, 9.17) is 21.4 Å². The monoisotopic (exact) mass is 301 g/mol. The second-order valence-electron chi connectivity index (χ2n) is 4.35. The number of amides is 1. The molecule has 1 rings (SSSR count). The third-order valence-corrected chi connectivity index (χ3v) is 2.78. The molecular weight excluding hydrogens is 286 g/mol. The zero-order valence-corrected chi connectivity index (χ0v) is 12.1. The molecule has 0 spiro atoms. The summed E-state index contributed by atoms with van der Waals surface area (Å²) < 4.78 is 4.71. The molecule has 7 nitrogen and oxygen atoms in total. The van der Waals surface area contributed by atoms with E-state index in [0.717, 1.165) is 0 Å². The van der Waals surface area contributed by atoms with Gasteiger partial charge in [-0.15, -0.1) is 0 Å². The average molecular weight is 302 g/mol. The van der Waals surface area contributed by atoms with Gasteiger partial charge in [-0.3, -0.25) is 4.79 Å². The maximum Gasteiger partial charge on any atom is 0.334 e. The summed E-state index contributed by atoms with van der Waals surface area (Å²) in [6, 6.07) is 0. The fraction of sp³-hybridized carbons (Fsp3) is 0.500. The van der Waals surface area contributed by atoms with Gasteiger partial charge in [0.25, 0.3) is 5.91 Å². The molecule has 1 atom stereocenters. The van der Waals surface area contributed by atoms with Gasteiger partial charge >= 0.3 is 5.97 Å². The van der Waals surface area contributed by atoms with Gasteiger partial charge in [0.2, 0.25) is 0 Å². The van der Waals surface area contributed by atoms with Crippen LogP contribution in [-0.4, -0.2) is 46.7 Å². The molecule has 0 aliphatic rings.